The lowest BCUT2D eigenvalue weighted by atomic mass is 10.2. The molecule has 2 aromatic carbocycles. The number of rotatable bonds is 5. The molecule has 0 bridgehead atoms. The first-order valence-electron chi connectivity index (χ1n) is 9.45. The number of pyridine rings is 1. The molecule has 0 aliphatic carbocycles. The molecule has 0 saturated carbocycles. The Labute approximate surface area is 189 Å². The maximum atomic E-state index is 12.6. The fourth-order valence-corrected chi connectivity index (χ4v) is 3.30. The van der Waals surface area contributed by atoms with Gasteiger partial charge in [-0.15, -0.1) is 0 Å². The number of anilines is 2. The van der Waals surface area contributed by atoms with Crippen LogP contribution in [0, 0.1) is 0 Å². The summed E-state index contributed by atoms with van der Waals surface area (Å²) in [5, 5.41) is 5.58. The zero-order valence-corrected chi connectivity index (χ0v) is 18.0. The molecule has 0 spiro atoms. The molecule has 2 aromatic heterocycles. The standard InChI is InChI=1S/C22H16BrN5O4/c23-14-8-9-18(24-11-14)27-20(30)13-4-3-5-15(10-13)25-19(29)12-28-21(31)16-6-1-2-7-17(16)26-22(28)32/h1-11H,12H2,(H,25,29)(H,26,32)(H,24,27,30). The van der Waals surface area contributed by atoms with E-state index in [4.69, 9.17) is 0 Å². The number of hydrogen-bond acceptors (Lipinski definition) is 5. The molecule has 2 heterocycles. The summed E-state index contributed by atoms with van der Waals surface area (Å²) in [6, 6.07) is 16.2. The first kappa shape index (κ1) is 21.2. The van der Waals surface area contributed by atoms with E-state index in [0.717, 1.165) is 9.04 Å². The summed E-state index contributed by atoms with van der Waals surface area (Å²) in [5.74, 6) is -0.610. The summed E-state index contributed by atoms with van der Waals surface area (Å²) >= 11 is 3.28. The van der Waals surface area contributed by atoms with E-state index in [2.05, 4.69) is 36.5 Å². The molecule has 9 nitrogen and oxygen atoms in total. The van der Waals surface area contributed by atoms with Crippen LogP contribution < -0.4 is 21.9 Å². The minimum Gasteiger partial charge on any atom is -0.325 e. The van der Waals surface area contributed by atoms with E-state index in [-0.39, 0.29) is 0 Å². The number of aromatic amines is 1. The smallest absolute Gasteiger partial charge is 0.325 e. The van der Waals surface area contributed by atoms with E-state index in [1.165, 1.54) is 6.07 Å². The van der Waals surface area contributed by atoms with Crippen LogP contribution in [0.25, 0.3) is 10.9 Å². The van der Waals surface area contributed by atoms with Crippen LogP contribution >= 0.6 is 15.9 Å². The third kappa shape index (κ3) is 4.65. The summed E-state index contributed by atoms with van der Waals surface area (Å²) in [5.41, 5.74) is -0.198. The monoisotopic (exact) mass is 493 g/mol. The van der Waals surface area contributed by atoms with E-state index in [9.17, 15) is 19.2 Å². The van der Waals surface area contributed by atoms with E-state index in [1.54, 1.807) is 60.8 Å². The highest BCUT2D eigenvalue weighted by atomic mass is 79.9. The lowest BCUT2D eigenvalue weighted by Crippen LogP contribution is -2.38. The Bertz CT molecular complexity index is 1440. The molecule has 0 radical (unpaired) electrons. The second-order valence-electron chi connectivity index (χ2n) is 6.81. The Morgan fingerprint density at radius 2 is 1.81 bits per heavy atom. The fraction of sp³-hybridized carbons (Fsp3) is 0.0455. The molecular weight excluding hydrogens is 478 g/mol. The number of halogens is 1. The number of hydrogen-bond donors (Lipinski definition) is 3. The van der Waals surface area contributed by atoms with Crippen molar-refractivity contribution < 1.29 is 9.59 Å². The van der Waals surface area contributed by atoms with Crippen molar-refractivity contribution in [3.8, 4) is 0 Å². The Balaban J connectivity index is 1.49. The predicted molar refractivity (Wildman–Crippen MR) is 124 cm³/mol. The number of para-hydroxylation sites is 1. The van der Waals surface area contributed by atoms with Crippen LogP contribution in [0.1, 0.15) is 10.4 Å². The molecule has 4 rings (SSSR count). The van der Waals surface area contributed by atoms with Gasteiger partial charge in [-0.05, 0) is 58.4 Å². The van der Waals surface area contributed by atoms with Crippen LogP contribution in [0.5, 0.6) is 0 Å². The number of nitrogens with one attached hydrogen (secondary N) is 3. The number of nitrogens with zero attached hydrogens (tertiary/aromatic N) is 2. The van der Waals surface area contributed by atoms with Gasteiger partial charge >= 0.3 is 5.69 Å². The Morgan fingerprint density at radius 1 is 1.00 bits per heavy atom. The number of H-pyrrole nitrogens is 1. The number of aromatic nitrogens is 3. The van der Waals surface area contributed by atoms with Crippen molar-refractivity contribution in [2.75, 3.05) is 10.6 Å². The molecule has 160 valence electrons. The molecule has 2 amide bonds. The van der Waals surface area contributed by atoms with Crippen molar-refractivity contribution >= 4 is 50.2 Å². The summed E-state index contributed by atoms with van der Waals surface area (Å²) < 4.78 is 1.61. The SMILES string of the molecule is O=C(Cn1c(=O)[nH]c2ccccc2c1=O)Nc1cccc(C(=O)Nc2ccc(Br)cn2)c1. The van der Waals surface area contributed by atoms with Gasteiger partial charge in [0.25, 0.3) is 11.5 Å². The fourth-order valence-electron chi connectivity index (χ4n) is 3.06. The number of fused-ring (bicyclic) bond motifs is 1. The van der Waals surface area contributed by atoms with Crippen LogP contribution in [0.2, 0.25) is 0 Å². The lowest BCUT2D eigenvalue weighted by molar-refractivity contribution is -0.116. The largest absolute Gasteiger partial charge is 0.329 e. The maximum absolute atomic E-state index is 12.6. The number of benzene rings is 2. The number of amides is 2. The Morgan fingerprint density at radius 3 is 2.59 bits per heavy atom. The second-order valence-corrected chi connectivity index (χ2v) is 7.73. The van der Waals surface area contributed by atoms with Gasteiger partial charge in [0.1, 0.15) is 12.4 Å². The van der Waals surface area contributed by atoms with E-state index in [0.29, 0.717) is 28.0 Å². The summed E-state index contributed by atoms with van der Waals surface area (Å²) in [7, 11) is 0. The average Bonchev–Trinajstić information content (AvgIpc) is 2.78. The minimum absolute atomic E-state index is 0.299. The number of carbonyl (C=O) groups is 2. The van der Waals surface area contributed by atoms with E-state index < -0.39 is 29.6 Å². The first-order chi connectivity index (χ1) is 15.4. The average molecular weight is 494 g/mol. The highest BCUT2D eigenvalue weighted by Gasteiger charge is 2.13. The molecule has 0 aliphatic heterocycles. The maximum Gasteiger partial charge on any atom is 0.329 e. The van der Waals surface area contributed by atoms with Crippen LogP contribution in [0.15, 0.2) is 80.9 Å². The van der Waals surface area contributed by atoms with Gasteiger partial charge in [0, 0.05) is 21.9 Å². The number of carbonyl (C=O) groups excluding carboxylic acids is 2. The minimum atomic E-state index is -0.682. The van der Waals surface area contributed by atoms with Crippen molar-refractivity contribution in [1.82, 2.24) is 14.5 Å². The van der Waals surface area contributed by atoms with Gasteiger partial charge in [-0.3, -0.25) is 19.0 Å². The molecule has 0 unspecified atom stereocenters. The normalized spacial score (nSPS) is 10.7. The zero-order chi connectivity index (χ0) is 22.7. The third-order valence-corrected chi connectivity index (χ3v) is 5.04. The van der Waals surface area contributed by atoms with Gasteiger partial charge < -0.3 is 15.6 Å². The van der Waals surface area contributed by atoms with Gasteiger partial charge in [0.2, 0.25) is 5.91 Å². The second kappa shape index (κ2) is 8.98. The molecule has 3 N–H and O–H groups in total. The highest BCUT2D eigenvalue weighted by molar-refractivity contribution is 9.10. The van der Waals surface area contributed by atoms with Crippen LogP contribution in [0.3, 0.4) is 0 Å². The Kier molecular flexibility index (Phi) is 5.95. The predicted octanol–water partition coefficient (Wildman–Crippen LogP) is 2.74. The molecule has 0 saturated heterocycles. The summed E-state index contributed by atoms with van der Waals surface area (Å²) in [6.07, 6.45) is 1.56. The zero-order valence-electron chi connectivity index (χ0n) is 16.5. The summed E-state index contributed by atoms with van der Waals surface area (Å²) in [6.45, 7) is -0.474. The molecule has 0 atom stereocenters. The van der Waals surface area contributed by atoms with Crippen molar-refractivity contribution in [3.63, 3.8) is 0 Å². The van der Waals surface area contributed by atoms with Crippen molar-refractivity contribution in [1.29, 1.82) is 0 Å². The van der Waals surface area contributed by atoms with Gasteiger partial charge in [-0.2, -0.15) is 0 Å². The van der Waals surface area contributed by atoms with E-state index >= 15 is 0 Å². The molecule has 0 aliphatic rings. The Hall–Kier alpha value is -4.05. The summed E-state index contributed by atoms with van der Waals surface area (Å²) in [4.78, 5) is 56.5. The lowest BCUT2D eigenvalue weighted by Gasteiger charge is -2.09. The molecule has 4 aromatic rings. The van der Waals surface area contributed by atoms with Gasteiger partial charge in [0.15, 0.2) is 0 Å². The van der Waals surface area contributed by atoms with Crippen molar-refractivity contribution in [2.45, 2.75) is 6.54 Å². The molecular formula is C22H16BrN5O4. The van der Waals surface area contributed by atoms with Crippen molar-refractivity contribution in [3.05, 3.63) is 97.7 Å². The van der Waals surface area contributed by atoms with Crippen LogP contribution in [-0.2, 0) is 11.3 Å². The first-order valence-corrected chi connectivity index (χ1v) is 10.2. The topological polar surface area (TPSA) is 126 Å². The van der Waals surface area contributed by atoms with Crippen molar-refractivity contribution in [2.24, 2.45) is 0 Å². The van der Waals surface area contributed by atoms with Gasteiger partial charge in [-0.25, -0.2) is 9.78 Å². The van der Waals surface area contributed by atoms with Gasteiger partial charge in [-0.1, -0.05) is 18.2 Å². The quantitative estimate of drug-likeness (QED) is 0.394. The molecule has 32 heavy (non-hydrogen) atoms. The molecule has 10 heteroatoms. The third-order valence-electron chi connectivity index (χ3n) is 4.57. The van der Waals surface area contributed by atoms with Gasteiger partial charge in [0.05, 0.1) is 10.9 Å². The van der Waals surface area contributed by atoms with Crippen LogP contribution in [-0.4, -0.2) is 26.3 Å². The highest BCUT2D eigenvalue weighted by Crippen LogP contribution is 2.14. The van der Waals surface area contributed by atoms with Crippen LogP contribution in [0.4, 0.5) is 11.5 Å². The van der Waals surface area contributed by atoms with E-state index in [1.807, 2.05) is 0 Å². The molecule has 0 fully saturated rings.